The van der Waals surface area contributed by atoms with E-state index in [1.54, 1.807) is 24.4 Å². The number of nitro groups is 1. The number of aryl methyl sites for hydroxylation is 1. The van der Waals surface area contributed by atoms with E-state index in [1.807, 2.05) is 25.1 Å². The third-order valence-electron chi connectivity index (χ3n) is 3.36. The lowest BCUT2D eigenvalue weighted by molar-refractivity contribution is -0.383. The first-order valence-corrected chi connectivity index (χ1v) is 8.04. The number of hydrogen-bond acceptors (Lipinski definition) is 7. The van der Waals surface area contributed by atoms with Gasteiger partial charge in [-0.05, 0) is 42.8 Å². The summed E-state index contributed by atoms with van der Waals surface area (Å²) in [5.74, 6) is 0.665. The van der Waals surface area contributed by atoms with Gasteiger partial charge in [0.1, 0.15) is 12.1 Å². The topological polar surface area (TPSA) is 106 Å². The third-order valence-corrected chi connectivity index (χ3v) is 3.89. The molecular formula is C16H13BrN6O2. The second-order valence-electron chi connectivity index (χ2n) is 5.10. The molecule has 0 aliphatic heterocycles. The van der Waals surface area contributed by atoms with Crippen LogP contribution in [0.1, 0.15) is 5.56 Å². The lowest BCUT2D eigenvalue weighted by Gasteiger charge is -2.10. The quantitative estimate of drug-likeness (QED) is 0.484. The van der Waals surface area contributed by atoms with Gasteiger partial charge in [-0.2, -0.15) is 0 Å². The number of anilines is 4. The molecule has 2 heterocycles. The third kappa shape index (κ3) is 3.89. The van der Waals surface area contributed by atoms with Crippen molar-refractivity contribution in [2.24, 2.45) is 0 Å². The summed E-state index contributed by atoms with van der Waals surface area (Å²) in [4.78, 5) is 23.2. The molecule has 126 valence electrons. The first kappa shape index (κ1) is 16.8. The summed E-state index contributed by atoms with van der Waals surface area (Å²) in [6.45, 7) is 1.85. The van der Waals surface area contributed by atoms with Gasteiger partial charge in [0, 0.05) is 16.4 Å². The Morgan fingerprint density at radius 3 is 2.32 bits per heavy atom. The molecule has 0 atom stereocenters. The van der Waals surface area contributed by atoms with Crippen molar-refractivity contribution in [3.63, 3.8) is 0 Å². The standard InChI is InChI=1S/C16H13BrN6O2/c1-10-3-2-8-18-14(10)22-16-13(23(24)25)15(19-9-20-16)21-12-6-4-11(17)5-7-12/h2-9H,1H3,(H2,18,19,20,21,22). The van der Waals surface area contributed by atoms with Crippen LogP contribution in [0.15, 0.2) is 53.4 Å². The van der Waals surface area contributed by atoms with Gasteiger partial charge in [-0.3, -0.25) is 10.1 Å². The minimum Gasteiger partial charge on any atom is -0.334 e. The van der Waals surface area contributed by atoms with Gasteiger partial charge in [0.05, 0.1) is 4.92 Å². The molecule has 0 fully saturated rings. The Labute approximate surface area is 151 Å². The SMILES string of the molecule is Cc1cccnc1Nc1ncnc(Nc2ccc(Br)cc2)c1[N+](=O)[O-]. The van der Waals surface area contributed by atoms with E-state index >= 15 is 0 Å². The Kier molecular flexibility index (Phi) is 4.85. The normalized spacial score (nSPS) is 10.3. The molecule has 0 unspecified atom stereocenters. The molecule has 0 saturated carbocycles. The average Bonchev–Trinajstić information content (AvgIpc) is 2.59. The lowest BCUT2D eigenvalue weighted by Crippen LogP contribution is -2.06. The second kappa shape index (κ2) is 7.22. The predicted octanol–water partition coefficient (Wildman–Crippen LogP) is 4.34. The second-order valence-corrected chi connectivity index (χ2v) is 6.02. The number of nitrogens with zero attached hydrogens (tertiary/aromatic N) is 4. The van der Waals surface area contributed by atoms with E-state index in [9.17, 15) is 10.1 Å². The minimum absolute atomic E-state index is 0.0708. The summed E-state index contributed by atoms with van der Waals surface area (Å²) < 4.78 is 0.906. The summed E-state index contributed by atoms with van der Waals surface area (Å²) >= 11 is 3.35. The zero-order valence-electron chi connectivity index (χ0n) is 13.1. The molecule has 25 heavy (non-hydrogen) atoms. The van der Waals surface area contributed by atoms with E-state index in [4.69, 9.17) is 0 Å². The van der Waals surface area contributed by atoms with Crippen LogP contribution in [0.2, 0.25) is 0 Å². The first-order valence-electron chi connectivity index (χ1n) is 7.25. The van der Waals surface area contributed by atoms with Crippen LogP contribution in [0.25, 0.3) is 0 Å². The van der Waals surface area contributed by atoms with Crippen molar-refractivity contribution in [2.75, 3.05) is 10.6 Å². The molecule has 2 aromatic heterocycles. The van der Waals surface area contributed by atoms with E-state index in [-0.39, 0.29) is 17.3 Å². The van der Waals surface area contributed by atoms with Crippen LogP contribution >= 0.6 is 15.9 Å². The molecular weight excluding hydrogens is 388 g/mol. The van der Waals surface area contributed by atoms with Gasteiger partial charge in [0.15, 0.2) is 0 Å². The molecule has 3 rings (SSSR count). The zero-order chi connectivity index (χ0) is 17.8. The number of nitrogens with one attached hydrogen (secondary N) is 2. The van der Waals surface area contributed by atoms with Crippen molar-refractivity contribution in [2.45, 2.75) is 6.92 Å². The number of hydrogen-bond donors (Lipinski definition) is 2. The molecule has 1 aromatic carbocycles. The number of benzene rings is 1. The Hall–Kier alpha value is -3.07. The fraction of sp³-hybridized carbons (Fsp3) is 0.0625. The van der Waals surface area contributed by atoms with Crippen molar-refractivity contribution in [3.8, 4) is 0 Å². The van der Waals surface area contributed by atoms with Gasteiger partial charge < -0.3 is 10.6 Å². The van der Waals surface area contributed by atoms with Gasteiger partial charge in [-0.15, -0.1) is 0 Å². The van der Waals surface area contributed by atoms with E-state index < -0.39 is 4.92 Å². The van der Waals surface area contributed by atoms with E-state index in [0.29, 0.717) is 11.5 Å². The van der Waals surface area contributed by atoms with Gasteiger partial charge in [0.25, 0.3) is 0 Å². The average molecular weight is 401 g/mol. The maximum absolute atomic E-state index is 11.6. The van der Waals surface area contributed by atoms with Gasteiger partial charge in [0.2, 0.25) is 11.6 Å². The highest BCUT2D eigenvalue weighted by Gasteiger charge is 2.23. The molecule has 0 bridgehead atoms. The number of aromatic nitrogens is 3. The summed E-state index contributed by atoms with van der Waals surface area (Å²) in [5, 5.41) is 17.4. The Morgan fingerprint density at radius 2 is 1.68 bits per heavy atom. The fourth-order valence-electron chi connectivity index (χ4n) is 2.13. The van der Waals surface area contributed by atoms with Crippen molar-refractivity contribution in [1.82, 2.24) is 15.0 Å². The lowest BCUT2D eigenvalue weighted by atomic mass is 10.3. The van der Waals surface area contributed by atoms with Gasteiger partial charge >= 0.3 is 5.69 Å². The Balaban J connectivity index is 1.98. The highest BCUT2D eigenvalue weighted by Crippen LogP contribution is 2.33. The molecule has 9 heteroatoms. The zero-order valence-corrected chi connectivity index (χ0v) is 14.7. The van der Waals surface area contributed by atoms with E-state index in [1.165, 1.54) is 6.33 Å². The molecule has 3 aromatic rings. The van der Waals surface area contributed by atoms with Crippen LogP contribution in [-0.2, 0) is 0 Å². The molecule has 0 radical (unpaired) electrons. The summed E-state index contributed by atoms with van der Waals surface area (Å²) in [6, 6.07) is 10.9. The molecule has 0 amide bonds. The van der Waals surface area contributed by atoms with Gasteiger partial charge in [-0.1, -0.05) is 22.0 Å². The summed E-state index contributed by atoms with van der Waals surface area (Å²) in [6.07, 6.45) is 2.86. The number of pyridine rings is 1. The van der Waals surface area contributed by atoms with Crippen molar-refractivity contribution in [1.29, 1.82) is 0 Å². The first-order chi connectivity index (χ1) is 12.0. The van der Waals surface area contributed by atoms with Crippen LogP contribution < -0.4 is 10.6 Å². The van der Waals surface area contributed by atoms with Crippen molar-refractivity contribution >= 4 is 44.8 Å². The monoisotopic (exact) mass is 400 g/mol. The smallest absolute Gasteiger partial charge is 0.334 e. The highest BCUT2D eigenvalue weighted by molar-refractivity contribution is 9.10. The molecule has 8 nitrogen and oxygen atoms in total. The molecule has 0 spiro atoms. The van der Waals surface area contributed by atoms with Crippen LogP contribution in [0.3, 0.4) is 0 Å². The molecule has 2 N–H and O–H groups in total. The maximum Gasteiger partial charge on any atom is 0.353 e. The molecule has 0 aliphatic carbocycles. The van der Waals surface area contributed by atoms with Crippen LogP contribution in [-0.4, -0.2) is 19.9 Å². The van der Waals surface area contributed by atoms with Crippen molar-refractivity contribution in [3.05, 3.63) is 69.1 Å². The van der Waals surface area contributed by atoms with Gasteiger partial charge in [-0.25, -0.2) is 15.0 Å². The Morgan fingerprint density at radius 1 is 1.00 bits per heavy atom. The van der Waals surface area contributed by atoms with Crippen LogP contribution in [0.5, 0.6) is 0 Å². The summed E-state index contributed by atoms with van der Waals surface area (Å²) in [5.41, 5.74) is 1.26. The van der Waals surface area contributed by atoms with Crippen LogP contribution in [0, 0.1) is 17.0 Å². The predicted molar refractivity (Wildman–Crippen MR) is 98.4 cm³/mol. The van der Waals surface area contributed by atoms with Crippen molar-refractivity contribution < 1.29 is 4.92 Å². The largest absolute Gasteiger partial charge is 0.353 e. The van der Waals surface area contributed by atoms with E-state index in [0.717, 1.165) is 10.0 Å². The maximum atomic E-state index is 11.6. The minimum atomic E-state index is -0.526. The number of halogens is 1. The Bertz CT molecular complexity index is 917. The summed E-state index contributed by atoms with van der Waals surface area (Å²) in [7, 11) is 0. The fourth-order valence-corrected chi connectivity index (χ4v) is 2.40. The number of rotatable bonds is 5. The highest BCUT2D eigenvalue weighted by atomic mass is 79.9. The van der Waals surface area contributed by atoms with Crippen LogP contribution in [0.4, 0.5) is 28.8 Å². The molecule has 0 aliphatic rings. The van der Waals surface area contributed by atoms with E-state index in [2.05, 4.69) is 41.5 Å². The molecule has 0 saturated heterocycles.